The lowest BCUT2D eigenvalue weighted by Gasteiger charge is -2.42. The summed E-state index contributed by atoms with van der Waals surface area (Å²) >= 11 is 0. The Balaban J connectivity index is 1.25. The van der Waals surface area contributed by atoms with Crippen LogP contribution in [0.3, 0.4) is 0 Å². The predicted molar refractivity (Wildman–Crippen MR) is 191 cm³/mol. The quantitative estimate of drug-likeness (QED) is 0.268. The second-order valence-electron chi connectivity index (χ2n) is 14.9. The largest absolute Gasteiger partial charge is 0.508 e. The number of rotatable bonds is 10. The summed E-state index contributed by atoms with van der Waals surface area (Å²) in [4.78, 5) is 39.6. The van der Waals surface area contributed by atoms with Gasteiger partial charge < -0.3 is 29.6 Å². The molecule has 0 bridgehead atoms. The van der Waals surface area contributed by atoms with E-state index in [2.05, 4.69) is 60.9 Å². The molecule has 2 aromatic carbocycles. The molecule has 0 radical (unpaired) electrons. The van der Waals surface area contributed by atoms with Crippen molar-refractivity contribution < 1.29 is 33.3 Å². The smallest absolute Gasteiger partial charge is 0.433 e. The predicted octanol–water partition coefficient (Wildman–Crippen LogP) is 6.71. The number of aryl methyl sites for hydroxylation is 4. The standard InChI is InChI=1S/C41H52N2O7/c1-25-7-9-27(3)31(19-25)33(35-21-37(44)42-40(35)15-11-29(47-5)12-16-40)23-49-39(46)50-24-34(32-20-26(2)8-10-28(32)4)36-22-38(45)43-41(36)17-13-30(48-6)14-18-41/h7-10,19-22,29-30,33-34H,11-18,23-24H2,1-6H3,(H,42,44)(H,43,45). The highest BCUT2D eigenvalue weighted by Crippen LogP contribution is 2.47. The molecule has 4 aliphatic rings. The second kappa shape index (κ2) is 14.7. The fourth-order valence-corrected chi connectivity index (χ4v) is 8.89. The molecular weight excluding hydrogens is 632 g/mol. The van der Waals surface area contributed by atoms with Crippen molar-refractivity contribution in [2.45, 2.75) is 114 Å². The van der Waals surface area contributed by atoms with Crippen molar-refractivity contribution >= 4 is 18.0 Å². The van der Waals surface area contributed by atoms with Gasteiger partial charge in [0.25, 0.3) is 0 Å². The fraction of sp³-hybridized carbons (Fsp3) is 0.537. The molecule has 0 saturated heterocycles. The highest BCUT2D eigenvalue weighted by Gasteiger charge is 2.48. The van der Waals surface area contributed by atoms with Gasteiger partial charge in [-0.15, -0.1) is 0 Å². The summed E-state index contributed by atoms with van der Waals surface area (Å²) in [6, 6.07) is 12.5. The summed E-state index contributed by atoms with van der Waals surface area (Å²) < 4.78 is 23.3. The lowest BCUT2D eigenvalue weighted by atomic mass is 9.70. The minimum atomic E-state index is -0.777. The molecule has 2 N–H and O–H groups in total. The Morgan fingerprint density at radius 2 is 1.06 bits per heavy atom. The number of nitrogens with one attached hydrogen (secondary N) is 2. The van der Waals surface area contributed by atoms with Crippen LogP contribution in [0.4, 0.5) is 4.79 Å². The molecule has 2 aliphatic carbocycles. The van der Waals surface area contributed by atoms with Gasteiger partial charge in [-0.3, -0.25) is 9.59 Å². The first kappa shape index (κ1) is 35.9. The molecule has 2 fully saturated rings. The van der Waals surface area contributed by atoms with E-state index in [1.807, 2.05) is 13.8 Å². The van der Waals surface area contributed by atoms with Crippen LogP contribution in [0.1, 0.15) is 96.6 Å². The summed E-state index contributed by atoms with van der Waals surface area (Å²) in [5.74, 6) is -0.916. The number of methoxy groups -OCH3 is 2. The molecule has 0 aromatic heterocycles. The number of carbonyl (C=O) groups is 3. The highest BCUT2D eigenvalue weighted by atomic mass is 16.7. The van der Waals surface area contributed by atoms with Crippen molar-refractivity contribution in [1.82, 2.24) is 10.6 Å². The van der Waals surface area contributed by atoms with E-state index in [9.17, 15) is 14.4 Å². The number of benzene rings is 2. The van der Waals surface area contributed by atoms with Crippen molar-refractivity contribution in [2.24, 2.45) is 0 Å². The molecule has 2 aromatic rings. The Hall–Kier alpha value is -3.95. The molecule has 2 amide bonds. The van der Waals surface area contributed by atoms with Crippen LogP contribution in [0.2, 0.25) is 0 Å². The second-order valence-corrected chi connectivity index (χ2v) is 14.9. The van der Waals surface area contributed by atoms with Crippen LogP contribution < -0.4 is 10.6 Å². The van der Waals surface area contributed by atoms with Gasteiger partial charge in [0, 0.05) is 38.2 Å². The average molecular weight is 685 g/mol. The Bertz CT molecular complexity index is 1560. The molecular formula is C41H52N2O7. The topological polar surface area (TPSA) is 112 Å². The van der Waals surface area contributed by atoms with Crippen LogP contribution in [0.5, 0.6) is 0 Å². The van der Waals surface area contributed by atoms with E-state index in [-0.39, 0.29) is 49.1 Å². The number of ether oxygens (including phenoxy) is 4. The summed E-state index contributed by atoms with van der Waals surface area (Å²) in [6.07, 6.45) is 9.28. The van der Waals surface area contributed by atoms with Crippen LogP contribution in [0.15, 0.2) is 59.7 Å². The number of carbonyl (C=O) groups excluding carboxylic acids is 3. The molecule has 9 nitrogen and oxygen atoms in total. The third kappa shape index (κ3) is 7.26. The van der Waals surface area contributed by atoms with Crippen LogP contribution in [-0.4, -0.2) is 68.7 Å². The number of hydrogen-bond donors (Lipinski definition) is 2. The summed E-state index contributed by atoms with van der Waals surface area (Å²) in [5.41, 5.74) is 7.21. The maximum atomic E-state index is 13.6. The maximum Gasteiger partial charge on any atom is 0.508 e. The van der Waals surface area contributed by atoms with E-state index in [1.54, 1.807) is 26.4 Å². The number of hydrogen-bond acceptors (Lipinski definition) is 7. The Morgan fingerprint density at radius 1 is 0.680 bits per heavy atom. The number of amides is 2. The van der Waals surface area contributed by atoms with Gasteiger partial charge in [0.1, 0.15) is 13.2 Å². The molecule has 6 rings (SSSR count). The normalized spacial score (nSPS) is 27.4. The Kier molecular flexibility index (Phi) is 10.6. The van der Waals surface area contributed by atoms with Crippen molar-refractivity contribution in [3.63, 3.8) is 0 Å². The third-order valence-corrected chi connectivity index (χ3v) is 11.7. The van der Waals surface area contributed by atoms with Gasteiger partial charge in [0.15, 0.2) is 0 Å². The van der Waals surface area contributed by atoms with Gasteiger partial charge in [0.2, 0.25) is 11.8 Å². The first-order valence-corrected chi connectivity index (χ1v) is 18.0. The van der Waals surface area contributed by atoms with Crippen LogP contribution >= 0.6 is 0 Å². The monoisotopic (exact) mass is 684 g/mol. The molecule has 2 aliphatic heterocycles. The minimum Gasteiger partial charge on any atom is -0.433 e. The minimum absolute atomic E-state index is 0.0264. The molecule has 2 unspecified atom stereocenters. The first-order valence-electron chi connectivity index (χ1n) is 18.0. The summed E-state index contributed by atoms with van der Waals surface area (Å²) in [7, 11) is 3.47. The lowest BCUT2D eigenvalue weighted by Crippen LogP contribution is -2.49. The Labute approximate surface area is 296 Å². The first-order chi connectivity index (χ1) is 24.0. The van der Waals surface area contributed by atoms with E-state index < -0.39 is 17.2 Å². The van der Waals surface area contributed by atoms with Gasteiger partial charge in [0.05, 0.1) is 23.3 Å². The van der Waals surface area contributed by atoms with E-state index >= 15 is 0 Å². The molecule has 2 atom stereocenters. The SMILES string of the molecule is COC1CCC2(CC1)NC(=O)C=C2C(COC(=O)OCC(C1=CC(=O)NC12CCC(OC)CC2)c1cc(C)ccc1C)c1cc(C)ccc1C. The highest BCUT2D eigenvalue weighted by molar-refractivity contribution is 5.94. The summed E-state index contributed by atoms with van der Waals surface area (Å²) in [5, 5.41) is 6.53. The molecule has 2 spiro atoms. The van der Waals surface area contributed by atoms with Crippen molar-refractivity contribution in [1.29, 1.82) is 0 Å². The Morgan fingerprint density at radius 3 is 1.42 bits per heavy atom. The van der Waals surface area contributed by atoms with Crippen LogP contribution in [0, 0.1) is 27.7 Å². The van der Waals surface area contributed by atoms with E-state index in [0.717, 1.165) is 95.9 Å². The van der Waals surface area contributed by atoms with Crippen LogP contribution in [0.25, 0.3) is 0 Å². The van der Waals surface area contributed by atoms with Crippen molar-refractivity contribution in [2.75, 3.05) is 27.4 Å². The molecule has 2 heterocycles. The fourth-order valence-electron chi connectivity index (χ4n) is 8.89. The molecule has 50 heavy (non-hydrogen) atoms. The molecule has 268 valence electrons. The molecule has 9 heteroatoms. The molecule has 2 saturated carbocycles. The van der Waals surface area contributed by atoms with Crippen molar-refractivity contribution in [3.05, 3.63) is 93.1 Å². The van der Waals surface area contributed by atoms with Gasteiger partial charge in [-0.25, -0.2) is 4.79 Å². The van der Waals surface area contributed by atoms with Crippen molar-refractivity contribution in [3.8, 4) is 0 Å². The van der Waals surface area contributed by atoms with Gasteiger partial charge in [-0.2, -0.15) is 0 Å². The average Bonchev–Trinajstić information content (AvgIpc) is 3.59. The van der Waals surface area contributed by atoms with Crippen LogP contribution in [-0.2, 0) is 28.5 Å². The zero-order chi connectivity index (χ0) is 35.6. The van der Waals surface area contributed by atoms with Gasteiger partial charge in [-0.05, 0) is 112 Å². The maximum absolute atomic E-state index is 13.6. The van der Waals surface area contributed by atoms with Gasteiger partial charge >= 0.3 is 6.16 Å². The van der Waals surface area contributed by atoms with E-state index in [0.29, 0.717) is 0 Å². The van der Waals surface area contributed by atoms with E-state index in [4.69, 9.17) is 18.9 Å². The third-order valence-electron chi connectivity index (χ3n) is 11.7. The lowest BCUT2D eigenvalue weighted by molar-refractivity contribution is -0.118. The zero-order valence-electron chi connectivity index (χ0n) is 30.4. The van der Waals surface area contributed by atoms with E-state index in [1.165, 1.54) is 0 Å². The summed E-state index contributed by atoms with van der Waals surface area (Å²) in [6.45, 7) is 8.24. The van der Waals surface area contributed by atoms with Gasteiger partial charge in [-0.1, -0.05) is 47.5 Å². The zero-order valence-corrected chi connectivity index (χ0v) is 30.4.